The Bertz CT molecular complexity index is 774. The summed E-state index contributed by atoms with van der Waals surface area (Å²) < 4.78 is 0. The van der Waals surface area contributed by atoms with Crippen LogP contribution in [0.25, 0.3) is 5.57 Å². The average Bonchev–Trinajstić information content (AvgIpc) is 3.22. The molecular weight excluding hydrogens is 350 g/mol. The maximum absolute atomic E-state index is 12.7. The van der Waals surface area contributed by atoms with Crippen LogP contribution in [0.1, 0.15) is 68.4 Å². The summed E-state index contributed by atoms with van der Waals surface area (Å²) in [6.07, 6.45) is 11.4. The molecule has 5 nitrogen and oxygen atoms in total. The Morgan fingerprint density at radius 1 is 1.18 bits per heavy atom. The summed E-state index contributed by atoms with van der Waals surface area (Å²) in [6, 6.07) is 9.78. The fourth-order valence-corrected chi connectivity index (χ4v) is 5.03. The summed E-state index contributed by atoms with van der Waals surface area (Å²) in [5.41, 5.74) is 3.67. The highest BCUT2D eigenvalue weighted by atomic mass is 16.3. The van der Waals surface area contributed by atoms with Crippen LogP contribution in [0.5, 0.6) is 0 Å². The minimum Gasteiger partial charge on any atom is -0.394 e. The summed E-state index contributed by atoms with van der Waals surface area (Å²) in [5, 5.41) is 22.7. The van der Waals surface area contributed by atoms with Crippen molar-refractivity contribution in [2.75, 3.05) is 6.61 Å². The SMILES string of the molecule is N#C[C@@H]1[C@H](c2ccc(C3=CCCCC3)cc2)[C@H](CO)N1C(=O)NC1CCCC1. The number of nitrogens with one attached hydrogen (secondary N) is 1. The van der Waals surface area contributed by atoms with Gasteiger partial charge in [0.2, 0.25) is 0 Å². The van der Waals surface area contributed by atoms with Gasteiger partial charge in [-0.2, -0.15) is 5.26 Å². The van der Waals surface area contributed by atoms with Crippen LogP contribution in [0.15, 0.2) is 30.3 Å². The van der Waals surface area contributed by atoms with E-state index in [0.29, 0.717) is 0 Å². The zero-order valence-corrected chi connectivity index (χ0v) is 16.3. The molecule has 1 aromatic carbocycles. The first-order valence-electron chi connectivity index (χ1n) is 10.6. The number of hydrogen-bond acceptors (Lipinski definition) is 3. The van der Waals surface area contributed by atoms with Crippen molar-refractivity contribution < 1.29 is 9.90 Å². The number of carbonyl (C=O) groups is 1. The molecule has 1 saturated carbocycles. The Hall–Kier alpha value is -2.32. The van der Waals surface area contributed by atoms with Crippen molar-refractivity contribution in [3.8, 4) is 6.07 Å². The van der Waals surface area contributed by atoms with Gasteiger partial charge in [-0.25, -0.2) is 4.79 Å². The number of aliphatic hydroxyl groups is 1. The molecule has 2 aliphatic carbocycles. The number of likely N-dealkylation sites (tertiary alicyclic amines) is 1. The topological polar surface area (TPSA) is 76.4 Å². The highest BCUT2D eigenvalue weighted by molar-refractivity contribution is 5.78. The number of carbonyl (C=O) groups excluding carboxylic acids is 1. The van der Waals surface area contributed by atoms with Gasteiger partial charge in [0, 0.05) is 12.0 Å². The lowest BCUT2D eigenvalue weighted by atomic mass is 9.75. The van der Waals surface area contributed by atoms with Crippen LogP contribution in [0, 0.1) is 11.3 Å². The van der Waals surface area contributed by atoms with Crippen LogP contribution in [-0.2, 0) is 0 Å². The molecule has 3 aliphatic rings. The van der Waals surface area contributed by atoms with E-state index >= 15 is 0 Å². The van der Waals surface area contributed by atoms with Gasteiger partial charge in [-0.1, -0.05) is 43.2 Å². The van der Waals surface area contributed by atoms with E-state index in [-0.39, 0.29) is 30.6 Å². The fraction of sp³-hybridized carbons (Fsp3) is 0.565. The second-order valence-electron chi connectivity index (χ2n) is 8.28. The predicted octanol–water partition coefficient (Wildman–Crippen LogP) is 3.95. The standard InChI is InChI=1S/C23H29N3O2/c24-14-20-22(18-12-10-17(11-13-18)16-6-2-1-3-7-16)21(15-27)26(20)23(28)25-19-8-4-5-9-19/h6,10-13,19-22,27H,1-5,7-9,15H2,(H,25,28)/t20-,21+,22+/m1/s1. The largest absolute Gasteiger partial charge is 0.394 e. The van der Waals surface area contributed by atoms with E-state index in [1.54, 1.807) is 4.90 Å². The average molecular weight is 380 g/mol. The molecule has 0 bridgehead atoms. The van der Waals surface area contributed by atoms with E-state index in [0.717, 1.165) is 44.1 Å². The maximum Gasteiger partial charge on any atom is 0.319 e. The lowest BCUT2D eigenvalue weighted by molar-refractivity contribution is 0.0158. The van der Waals surface area contributed by atoms with Crippen molar-refractivity contribution in [1.82, 2.24) is 10.2 Å². The molecule has 1 heterocycles. The van der Waals surface area contributed by atoms with Crippen LogP contribution < -0.4 is 5.32 Å². The highest BCUT2D eigenvalue weighted by Crippen LogP contribution is 2.41. The van der Waals surface area contributed by atoms with Crippen molar-refractivity contribution in [2.45, 2.75) is 75.4 Å². The zero-order chi connectivity index (χ0) is 19.5. The van der Waals surface area contributed by atoms with Crippen molar-refractivity contribution in [3.63, 3.8) is 0 Å². The molecule has 0 unspecified atom stereocenters. The van der Waals surface area contributed by atoms with E-state index in [1.165, 1.54) is 24.0 Å². The molecule has 1 aromatic rings. The van der Waals surface area contributed by atoms with E-state index in [1.807, 2.05) is 0 Å². The van der Waals surface area contributed by atoms with Crippen molar-refractivity contribution in [2.24, 2.45) is 0 Å². The van der Waals surface area contributed by atoms with Gasteiger partial charge in [-0.15, -0.1) is 0 Å². The van der Waals surface area contributed by atoms with Gasteiger partial charge in [-0.05, 0) is 55.2 Å². The molecular formula is C23H29N3O2. The Morgan fingerprint density at radius 2 is 1.93 bits per heavy atom. The predicted molar refractivity (Wildman–Crippen MR) is 109 cm³/mol. The fourth-order valence-electron chi connectivity index (χ4n) is 5.03. The lowest BCUT2D eigenvalue weighted by Gasteiger charge is -2.51. The number of urea groups is 1. The summed E-state index contributed by atoms with van der Waals surface area (Å²) >= 11 is 0. The van der Waals surface area contributed by atoms with Gasteiger partial charge in [0.1, 0.15) is 6.04 Å². The second-order valence-corrected chi connectivity index (χ2v) is 8.28. The third-order valence-corrected chi connectivity index (χ3v) is 6.61. The van der Waals surface area contributed by atoms with Gasteiger partial charge in [0.15, 0.2) is 0 Å². The van der Waals surface area contributed by atoms with Gasteiger partial charge < -0.3 is 15.3 Å². The third kappa shape index (κ3) is 3.54. The Kier molecular flexibility index (Phi) is 5.68. The van der Waals surface area contributed by atoms with E-state index in [2.05, 4.69) is 41.7 Å². The number of hydrogen-bond donors (Lipinski definition) is 2. The van der Waals surface area contributed by atoms with Crippen LogP contribution in [0.4, 0.5) is 4.79 Å². The summed E-state index contributed by atoms with van der Waals surface area (Å²) in [7, 11) is 0. The van der Waals surface area contributed by atoms with Crippen LogP contribution in [0.2, 0.25) is 0 Å². The number of amides is 2. The minimum atomic E-state index is -0.529. The van der Waals surface area contributed by atoms with Gasteiger partial charge in [-0.3, -0.25) is 0 Å². The first kappa shape index (κ1) is 19.0. The molecule has 4 rings (SSSR count). The maximum atomic E-state index is 12.7. The zero-order valence-electron chi connectivity index (χ0n) is 16.3. The number of benzene rings is 1. The normalized spacial score (nSPS) is 27.6. The molecule has 2 amide bonds. The van der Waals surface area contributed by atoms with E-state index < -0.39 is 6.04 Å². The van der Waals surface area contributed by atoms with Crippen molar-refractivity contribution in [1.29, 1.82) is 5.26 Å². The smallest absolute Gasteiger partial charge is 0.319 e. The van der Waals surface area contributed by atoms with Crippen LogP contribution in [-0.4, -0.2) is 40.8 Å². The molecule has 0 radical (unpaired) electrons. The summed E-state index contributed by atoms with van der Waals surface area (Å²) in [4.78, 5) is 14.2. The monoisotopic (exact) mass is 379 g/mol. The summed E-state index contributed by atoms with van der Waals surface area (Å²) in [5.74, 6) is -0.140. The van der Waals surface area contributed by atoms with Gasteiger partial charge in [0.05, 0.1) is 18.7 Å². The van der Waals surface area contributed by atoms with Gasteiger partial charge in [0.25, 0.3) is 0 Å². The molecule has 0 aromatic heterocycles. The molecule has 148 valence electrons. The number of nitriles is 1. The quantitative estimate of drug-likeness (QED) is 0.832. The van der Waals surface area contributed by atoms with Gasteiger partial charge >= 0.3 is 6.03 Å². The molecule has 1 saturated heterocycles. The van der Waals surface area contributed by atoms with Crippen LogP contribution >= 0.6 is 0 Å². The molecule has 1 aliphatic heterocycles. The Labute approximate surface area is 167 Å². The molecule has 3 atom stereocenters. The molecule has 28 heavy (non-hydrogen) atoms. The van der Waals surface area contributed by atoms with Crippen molar-refractivity contribution >= 4 is 11.6 Å². The lowest BCUT2D eigenvalue weighted by Crippen LogP contribution is -2.67. The third-order valence-electron chi connectivity index (χ3n) is 6.61. The Balaban J connectivity index is 1.48. The first-order valence-corrected chi connectivity index (χ1v) is 10.6. The molecule has 2 fully saturated rings. The molecule has 5 heteroatoms. The molecule has 2 N–H and O–H groups in total. The number of nitrogens with zero attached hydrogens (tertiary/aromatic N) is 2. The number of allylic oxidation sites excluding steroid dienone is 2. The summed E-state index contributed by atoms with van der Waals surface area (Å²) in [6.45, 7) is -0.131. The van der Waals surface area contributed by atoms with E-state index in [4.69, 9.17) is 0 Å². The highest BCUT2D eigenvalue weighted by Gasteiger charge is 2.52. The molecule has 0 spiro atoms. The minimum absolute atomic E-state index is 0.131. The van der Waals surface area contributed by atoms with E-state index in [9.17, 15) is 15.2 Å². The second kappa shape index (κ2) is 8.36. The first-order chi connectivity index (χ1) is 13.7. The van der Waals surface area contributed by atoms with Crippen LogP contribution in [0.3, 0.4) is 0 Å². The Morgan fingerprint density at radius 3 is 2.54 bits per heavy atom. The number of rotatable bonds is 4. The number of aliphatic hydroxyl groups excluding tert-OH is 1. The van der Waals surface area contributed by atoms with Crippen molar-refractivity contribution in [3.05, 3.63) is 41.5 Å².